The van der Waals surface area contributed by atoms with Crippen LogP contribution in [-0.4, -0.2) is 51.1 Å². The van der Waals surface area contributed by atoms with Gasteiger partial charge in [-0.05, 0) is 31.4 Å². The first-order valence-corrected chi connectivity index (χ1v) is 8.31. The number of hydrogen-bond donors (Lipinski definition) is 1. The van der Waals surface area contributed by atoms with E-state index in [1.807, 2.05) is 17.0 Å². The lowest BCUT2D eigenvalue weighted by Gasteiger charge is -2.39. The van der Waals surface area contributed by atoms with Crippen LogP contribution in [0.3, 0.4) is 0 Å². The summed E-state index contributed by atoms with van der Waals surface area (Å²) in [7, 11) is -0.411. The molecule has 0 saturated heterocycles. The summed E-state index contributed by atoms with van der Waals surface area (Å²) in [5.74, 6) is 0. The summed E-state index contributed by atoms with van der Waals surface area (Å²) in [5.41, 5.74) is 0.694. The van der Waals surface area contributed by atoms with Gasteiger partial charge in [0.1, 0.15) is 4.90 Å². The first kappa shape index (κ1) is 15.3. The van der Waals surface area contributed by atoms with Gasteiger partial charge in [0.15, 0.2) is 0 Å². The van der Waals surface area contributed by atoms with Crippen molar-refractivity contribution >= 4 is 15.7 Å². The molecule has 20 heavy (non-hydrogen) atoms. The van der Waals surface area contributed by atoms with Crippen molar-refractivity contribution in [3.05, 3.63) is 24.3 Å². The number of hydrogen-bond acceptors (Lipinski definition) is 4. The summed E-state index contributed by atoms with van der Waals surface area (Å²) in [6, 6.07) is 7.36. The van der Waals surface area contributed by atoms with Gasteiger partial charge in [-0.25, -0.2) is 12.7 Å². The first-order chi connectivity index (χ1) is 9.48. The largest absolute Gasteiger partial charge is 0.395 e. The van der Waals surface area contributed by atoms with Gasteiger partial charge in [-0.2, -0.15) is 0 Å². The molecule has 0 aromatic heterocycles. The first-order valence-electron chi connectivity index (χ1n) is 6.87. The third-order valence-electron chi connectivity index (χ3n) is 3.79. The van der Waals surface area contributed by atoms with Crippen molar-refractivity contribution in [2.75, 3.05) is 32.1 Å². The number of para-hydroxylation sites is 1. The molecular formula is C14H22N2O3S. The van der Waals surface area contributed by atoms with Gasteiger partial charge in [-0.3, -0.25) is 0 Å². The van der Waals surface area contributed by atoms with E-state index in [-0.39, 0.29) is 6.61 Å². The molecule has 0 spiro atoms. The predicted molar refractivity (Wildman–Crippen MR) is 79.4 cm³/mol. The van der Waals surface area contributed by atoms with E-state index >= 15 is 0 Å². The molecular weight excluding hydrogens is 276 g/mol. The van der Waals surface area contributed by atoms with Crippen molar-refractivity contribution < 1.29 is 13.5 Å². The number of nitrogens with zero attached hydrogens (tertiary/aromatic N) is 2. The predicted octanol–water partition coefficient (Wildman–Crippen LogP) is 1.29. The van der Waals surface area contributed by atoms with Gasteiger partial charge in [0, 0.05) is 26.7 Å². The fraction of sp³-hybridized carbons (Fsp3) is 0.571. The summed E-state index contributed by atoms with van der Waals surface area (Å²) < 4.78 is 26.1. The van der Waals surface area contributed by atoms with E-state index in [4.69, 9.17) is 0 Å². The van der Waals surface area contributed by atoms with Gasteiger partial charge in [0.05, 0.1) is 12.3 Å². The van der Waals surface area contributed by atoms with Gasteiger partial charge < -0.3 is 10.0 Å². The Bertz CT molecular complexity index is 553. The van der Waals surface area contributed by atoms with Crippen LogP contribution >= 0.6 is 0 Å². The quantitative estimate of drug-likeness (QED) is 0.859. The highest BCUT2D eigenvalue weighted by Crippen LogP contribution is 2.34. The molecule has 0 bridgehead atoms. The molecule has 6 heteroatoms. The summed E-state index contributed by atoms with van der Waals surface area (Å²) in [6.07, 6.45) is 3.27. The van der Waals surface area contributed by atoms with Crippen LogP contribution in [0.25, 0.3) is 0 Å². The van der Waals surface area contributed by atoms with Crippen LogP contribution in [0, 0.1) is 0 Å². The minimum Gasteiger partial charge on any atom is -0.395 e. The summed E-state index contributed by atoms with van der Waals surface area (Å²) in [4.78, 5) is 2.34. The molecule has 1 aliphatic rings. The molecule has 112 valence electrons. The smallest absolute Gasteiger partial charge is 0.244 e. The standard InChI is InChI=1S/C14H22N2O3S/c1-15(2)20(18,19)14-9-4-3-8-13(14)16(10-11-17)12-6-5-7-12/h3-4,8-9,12,17H,5-7,10-11H2,1-2H3. The van der Waals surface area contributed by atoms with Crippen LogP contribution in [-0.2, 0) is 10.0 Å². The highest BCUT2D eigenvalue weighted by molar-refractivity contribution is 7.89. The Morgan fingerprint density at radius 1 is 1.25 bits per heavy atom. The SMILES string of the molecule is CN(C)S(=O)(=O)c1ccccc1N(CCO)C1CCC1. The van der Waals surface area contributed by atoms with Crippen LogP contribution < -0.4 is 4.90 Å². The zero-order valence-corrected chi connectivity index (χ0v) is 12.8. The highest BCUT2D eigenvalue weighted by Gasteiger charge is 2.29. The zero-order valence-electron chi connectivity index (χ0n) is 12.0. The molecule has 0 unspecified atom stereocenters. The van der Waals surface area contributed by atoms with Crippen LogP contribution in [0.2, 0.25) is 0 Å². The number of anilines is 1. The van der Waals surface area contributed by atoms with Crippen molar-refractivity contribution in [3.63, 3.8) is 0 Å². The lowest BCUT2D eigenvalue weighted by Crippen LogP contribution is -2.43. The Kier molecular flexibility index (Phi) is 4.67. The second-order valence-corrected chi connectivity index (χ2v) is 7.38. The monoisotopic (exact) mass is 298 g/mol. The molecule has 2 rings (SSSR count). The van der Waals surface area contributed by atoms with Crippen molar-refractivity contribution in [3.8, 4) is 0 Å². The molecule has 1 saturated carbocycles. The minimum absolute atomic E-state index is 0.0207. The molecule has 1 aliphatic carbocycles. The van der Waals surface area contributed by atoms with E-state index in [2.05, 4.69) is 0 Å². The summed E-state index contributed by atoms with van der Waals surface area (Å²) in [6.45, 7) is 0.484. The Hall–Kier alpha value is -1.11. The molecule has 0 aliphatic heterocycles. The van der Waals surface area contributed by atoms with Crippen LogP contribution in [0.15, 0.2) is 29.2 Å². The second-order valence-electron chi connectivity index (χ2n) is 5.26. The average Bonchev–Trinajstić information content (AvgIpc) is 2.36. The molecule has 1 fully saturated rings. The molecule has 0 radical (unpaired) electrons. The summed E-state index contributed by atoms with van der Waals surface area (Å²) >= 11 is 0. The summed E-state index contributed by atoms with van der Waals surface area (Å²) in [5, 5.41) is 9.27. The number of benzene rings is 1. The maximum atomic E-state index is 12.4. The Balaban J connectivity index is 2.45. The normalized spacial score (nSPS) is 16.2. The maximum absolute atomic E-state index is 12.4. The number of aliphatic hydroxyl groups is 1. The molecule has 1 aromatic rings. The topological polar surface area (TPSA) is 60.9 Å². The second kappa shape index (κ2) is 6.11. The Morgan fingerprint density at radius 3 is 2.40 bits per heavy atom. The van der Waals surface area contributed by atoms with Crippen molar-refractivity contribution in [1.82, 2.24) is 4.31 Å². The third kappa shape index (κ3) is 2.82. The van der Waals surface area contributed by atoms with Gasteiger partial charge in [0.25, 0.3) is 0 Å². The third-order valence-corrected chi connectivity index (χ3v) is 5.65. The van der Waals surface area contributed by atoms with Crippen molar-refractivity contribution in [2.24, 2.45) is 0 Å². The highest BCUT2D eigenvalue weighted by atomic mass is 32.2. The van der Waals surface area contributed by atoms with E-state index in [0.717, 1.165) is 19.3 Å². The zero-order chi connectivity index (χ0) is 14.8. The van der Waals surface area contributed by atoms with Crippen molar-refractivity contribution in [2.45, 2.75) is 30.2 Å². The Labute approximate surface area is 120 Å². The average molecular weight is 298 g/mol. The van der Waals surface area contributed by atoms with E-state index in [0.29, 0.717) is 23.2 Å². The van der Waals surface area contributed by atoms with E-state index in [1.54, 1.807) is 12.1 Å². The Morgan fingerprint density at radius 2 is 1.90 bits per heavy atom. The molecule has 0 atom stereocenters. The minimum atomic E-state index is -3.48. The van der Waals surface area contributed by atoms with E-state index in [1.165, 1.54) is 18.4 Å². The fourth-order valence-electron chi connectivity index (χ4n) is 2.42. The molecule has 0 amide bonds. The maximum Gasteiger partial charge on any atom is 0.244 e. The molecule has 1 N–H and O–H groups in total. The van der Waals surface area contributed by atoms with Gasteiger partial charge in [-0.1, -0.05) is 12.1 Å². The van der Waals surface area contributed by atoms with Gasteiger partial charge in [0.2, 0.25) is 10.0 Å². The lowest BCUT2D eigenvalue weighted by molar-refractivity contribution is 0.283. The lowest BCUT2D eigenvalue weighted by atomic mass is 9.91. The van der Waals surface area contributed by atoms with Crippen LogP contribution in [0.4, 0.5) is 5.69 Å². The molecule has 5 nitrogen and oxygen atoms in total. The fourth-order valence-corrected chi connectivity index (χ4v) is 3.51. The molecule has 0 heterocycles. The van der Waals surface area contributed by atoms with Crippen LogP contribution in [0.1, 0.15) is 19.3 Å². The molecule has 1 aromatic carbocycles. The van der Waals surface area contributed by atoms with E-state index in [9.17, 15) is 13.5 Å². The number of sulfonamides is 1. The van der Waals surface area contributed by atoms with Gasteiger partial charge in [-0.15, -0.1) is 0 Å². The van der Waals surface area contributed by atoms with Crippen molar-refractivity contribution in [1.29, 1.82) is 0 Å². The van der Waals surface area contributed by atoms with Crippen LogP contribution in [0.5, 0.6) is 0 Å². The number of rotatable bonds is 6. The number of aliphatic hydroxyl groups excluding tert-OH is 1. The van der Waals surface area contributed by atoms with Gasteiger partial charge >= 0.3 is 0 Å². The van der Waals surface area contributed by atoms with E-state index < -0.39 is 10.0 Å².